The van der Waals surface area contributed by atoms with Gasteiger partial charge in [0.15, 0.2) is 8.32 Å². The van der Waals surface area contributed by atoms with E-state index in [1.54, 1.807) is 20.8 Å². The van der Waals surface area contributed by atoms with Crippen molar-refractivity contribution < 1.29 is 23.5 Å². The van der Waals surface area contributed by atoms with Crippen molar-refractivity contribution in [2.24, 2.45) is 16.6 Å². The lowest BCUT2D eigenvalue weighted by molar-refractivity contribution is -0.211. The summed E-state index contributed by atoms with van der Waals surface area (Å²) >= 11 is 0. The molecule has 0 aromatic carbocycles. The molecule has 7 heteroatoms. The molecule has 0 aliphatic carbocycles. The molecule has 178 valence electrons. The van der Waals surface area contributed by atoms with E-state index in [9.17, 15) is 9.59 Å². The Bertz CT molecular complexity index is 609. The van der Waals surface area contributed by atoms with E-state index in [0.717, 1.165) is 6.42 Å². The standard InChI is InChI=1S/C23H47NO5Si/c1-19(2,3)23(29-18(24)26,17(25)28-20(4,5)6)22(10,11)15-14-16-27-30(12,13)21(7,8)9/h14-16H2,1-13H3,(H2,24,26). The van der Waals surface area contributed by atoms with E-state index in [0.29, 0.717) is 13.0 Å². The zero-order valence-electron chi connectivity index (χ0n) is 21.7. The molecule has 0 radical (unpaired) electrons. The van der Waals surface area contributed by atoms with Crippen LogP contribution in [0.5, 0.6) is 0 Å². The summed E-state index contributed by atoms with van der Waals surface area (Å²) in [6, 6.07) is 0. The van der Waals surface area contributed by atoms with Crippen LogP contribution < -0.4 is 5.73 Å². The van der Waals surface area contributed by atoms with Crippen molar-refractivity contribution in [2.75, 3.05) is 6.61 Å². The molecule has 0 saturated heterocycles. The second-order valence-corrected chi connectivity index (χ2v) is 17.3. The van der Waals surface area contributed by atoms with Gasteiger partial charge in [0.25, 0.3) is 0 Å². The largest absolute Gasteiger partial charge is 0.457 e. The average molecular weight is 446 g/mol. The average Bonchev–Trinajstić information content (AvgIpc) is 2.44. The number of hydrogen-bond acceptors (Lipinski definition) is 5. The maximum atomic E-state index is 13.5. The normalized spacial score (nSPS) is 16.0. The van der Waals surface area contributed by atoms with Gasteiger partial charge in [0.2, 0.25) is 5.60 Å². The highest BCUT2D eigenvalue weighted by Gasteiger charge is 2.63. The summed E-state index contributed by atoms with van der Waals surface area (Å²) in [7, 11) is -1.86. The molecule has 0 aromatic rings. The topological polar surface area (TPSA) is 87.9 Å². The lowest BCUT2D eigenvalue weighted by atomic mass is 9.59. The van der Waals surface area contributed by atoms with Crippen LogP contribution in [0.2, 0.25) is 18.1 Å². The number of amides is 1. The minimum absolute atomic E-state index is 0.128. The maximum Gasteiger partial charge on any atom is 0.405 e. The van der Waals surface area contributed by atoms with E-state index in [2.05, 4.69) is 33.9 Å². The molecule has 0 spiro atoms. The zero-order valence-corrected chi connectivity index (χ0v) is 22.7. The summed E-state index contributed by atoms with van der Waals surface area (Å²) < 4.78 is 17.7. The van der Waals surface area contributed by atoms with Gasteiger partial charge in [-0.05, 0) is 51.7 Å². The smallest absolute Gasteiger partial charge is 0.405 e. The van der Waals surface area contributed by atoms with Crippen molar-refractivity contribution in [3.8, 4) is 0 Å². The van der Waals surface area contributed by atoms with Gasteiger partial charge in [-0.15, -0.1) is 0 Å². The Labute approximate surface area is 185 Å². The SMILES string of the molecule is CC(C)(C)OC(=O)C(OC(N)=O)(C(C)(C)C)C(C)(C)CCCO[Si](C)(C)C(C)(C)C. The second kappa shape index (κ2) is 9.19. The van der Waals surface area contributed by atoms with Crippen molar-refractivity contribution in [2.45, 2.75) is 118 Å². The fourth-order valence-electron chi connectivity index (χ4n) is 3.67. The van der Waals surface area contributed by atoms with Crippen molar-refractivity contribution in [1.82, 2.24) is 0 Å². The molecule has 1 amide bonds. The first-order valence-corrected chi connectivity index (χ1v) is 13.8. The third-order valence-electron chi connectivity index (χ3n) is 6.16. The molecule has 0 aliphatic rings. The van der Waals surface area contributed by atoms with Crippen LogP contribution in [0.1, 0.15) is 89.0 Å². The van der Waals surface area contributed by atoms with Gasteiger partial charge in [-0.3, -0.25) is 0 Å². The molecular weight excluding hydrogens is 398 g/mol. The van der Waals surface area contributed by atoms with E-state index in [4.69, 9.17) is 19.6 Å². The van der Waals surface area contributed by atoms with Gasteiger partial charge >= 0.3 is 12.1 Å². The van der Waals surface area contributed by atoms with E-state index < -0.39 is 42.4 Å². The number of esters is 1. The molecule has 0 bridgehead atoms. The first kappa shape index (κ1) is 28.9. The van der Waals surface area contributed by atoms with Crippen LogP contribution in [0, 0.1) is 10.8 Å². The predicted molar refractivity (Wildman–Crippen MR) is 125 cm³/mol. The van der Waals surface area contributed by atoms with Crippen LogP contribution in [0.4, 0.5) is 4.79 Å². The highest BCUT2D eigenvalue weighted by Crippen LogP contribution is 2.51. The third kappa shape index (κ3) is 6.97. The van der Waals surface area contributed by atoms with Crippen molar-refractivity contribution in [1.29, 1.82) is 0 Å². The molecule has 0 rings (SSSR count). The highest BCUT2D eigenvalue weighted by atomic mass is 28.4. The van der Waals surface area contributed by atoms with Gasteiger partial charge in [-0.2, -0.15) is 0 Å². The number of primary amides is 1. The van der Waals surface area contributed by atoms with E-state index in [-0.39, 0.29) is 5.04 Å². The monoisotopic (exact) mass is 445 g/mol. The molecule has 0 saturated carbocycles. The summed E-state index contributed by atoms with van der Waals surface area (Å²) in [5.74, 6) is -0.573. The summed E-state index contributed by atoms with van der Waals surface area (Å²) in [6.45, 7) is 26.5. The molecular formula is C23H47NO5Si. The molecule has 30 heavy (non-hydrogen) atoms. The molecule has 0 fully saturated rings. The predicted octanol–water partition coefficient (Wildman–Crippen LogP) is 6.04. The van der Waals surface area contributed by atoms with Crippen LogP contribution in [0.15, 0.2) is 0 Å². The Morgan fingerprint density at radius 1 is 0.833 bits per heavy atom. The number of hydrogen-bond donors (Lipinski definition) is 1. The Morgan fingerprint density at radius 3 is 1.63 bits per heavy atom. The van der Waals surface area contributed by atoms with Gasteiger partial charge in [-0.1, -0.05) is 55.4 Å². The van der Waals surface area contributed by atoms with Gasteiger partial charge in [0.1, 0.15) is 5.60 Å². The van der Waals surface area contributed by atoms with Crippen LogP contribution in [0.25, 0.3) is 0 Å². The number of rotatable bonds is 8. The first-order valence-electron chi connectivity index (χ1n) is 10.9. The van der Waals surface area contributed by atoms with E-state index in [1.165, 1.54) is 0 Å². The number of nitrogens with two attached hydrogens (primary N) is 1. The van der Waals surface area contributed by atoms with E-state index in [1.807, 2.05) is 34.6 Å². The summed E-state index contributed by atoms with van der Waals surface area (Å²) in [6.07, 6.45) is 0.342. The van der Waals surface area contributed by atoms with Gasteiger partial charge in [-0.25, -0.2) is 9.59 Å². The first-order chi connectivity index (χ1) is 13.0. The highest BCUT2D eigenvalue weighted by molar-refractivity contribution is 6.74. The lowest BCUT2D eigenvalue weighted by Crippen LogP contribution is -2.64. The molecule has 0 aliphatic heterocycles. The summed E-state index contributed by atoms with van der Waals surface area (Å²) in [4.78, 5) is 25.4. The molecule has 0 aromatic heterocycles. The van der Waals surface area contributed by atoms with Crippen LogP contribution >= 0.6 is 0 Å². The van der Waals surface area contributed by atoms with Crippen LogP contribution in [-0.2, 0) is 18.7 Å². The van der Waals surface area contributed by atoms with Gasteiger partial charge in [0, 0.05) is 17.4 Å². The third-order valence-corrected chi connectivity index (χ3v) is 10.7. The molecule has 0 heterocycles. The Morgan fingerprint density at radius 2 is 1.30 bits per heavy atom. The Kier molecular flexibility index (Phi) is 8.86. The minimum Gasteiger partial charge on any atom is -0.457 e. The second-order valence-electron chi connectivity index (χ2n) is 12.5. The number of ether oxygens (including phenoxy) is 2. The van der Waals surface area contributed by atoms with Crippen molar-refractivity contribution in [3.63, 3.8) is 0 Å². The molecule has 2 N–H and O–H groups in total. The summed E-state index contributed by atoms with van der Waals surface area (Å²) in [5, 5.41) is 0.128. The molecule has 1 unspecified atom stereocenters. The fraction of sp³-hybridized carbons (Fsp3) is 0.913. The number of carbonyl (C=O) groups is 2. The van der Waals surface area contributed by atoms with E-state index >= 15 is 0 Å². The lowest BCUT2D eigenvalue weighted by Gasteiger charge is -2.51. The maximum absolute atomic E-state index is 13.5. The van der Waals surface area contributed by atoms with Crippen LogP contribution in [0.3, 0.4) is 0 Å². The summed E-state index contributed by atoms with van der Waals surface area (Å²) in [5.41, 5.74) is 1.69. The zero-order chi connectivity index (χ0) is 24.4. The molecule has 6 nitrogen and oxygen atoms in total. The van der Waals surface area contributed by atoms with Crippen molar-refractivity contribution >= 4 is 20.4 Å². The van der Waals surface area contributed by atoms with Gasteiger partial charge < -0.3 is 19.6 Å². The minimum atomic E-state index is -1.86. The quantitative estimate of drug-likeness (QED) is 0.280. The van der Waals surface area contributed by atoms with Crippen LogP contribution in [-0.4, -0.2) is 38.2 Å². The molecule has 1 atom stereocenters. The Balaban J connectivity index is 5.86. The van der Waals surface area contributed by atoms with Crippen molar-refractivity contribution in [3.05, 3.63) is 0 Å². The fourth-order valence-corrected chi connectivity index (χ4v) is 4.75. The Hall–Kier alpha value is -1.08. The number of carbonyl (C=O) groups excluding carboxylic acids is 2. The van der Waals surface area contributed by atoms with Gasteiger partial charge in [0.05, 0.1) is 0 Å².